The average Bonchev–Trinajstić information content (AvgIpc) is 1.56. The van der Waals surface area contributed by atoms with Crippen molar-refractivity contribution in [2.45, 2.75) is 22.4 Å². The summed E-state index contributed by atoms with van der Waals surface area (Å²) in [4.78, 5) is 0. The monoisotopic (exact) mass is 272 g/mol. The fourth-order valence-electron chi connectivity index (χ4n) is 0.660. The summed E-state index contributed by atoms with van der Waals surface area (Å²) < 4.78 is -1.33. The lowest BCUT2D eigenvalue weighted by Crippen LogP contribution is -2.35. The summed E-state index contributed by atoms with van der Waals surface area (Å²) in [5.74, 6) is 0.291. The lowest BCUT2D eigenvalue weighted by atomic mass is 10.5. The minimum absolute atomic E-state index is 0.219. The number of halogens is 5. The predicted molar refractivity (Wildman–Crippen MR) is 58.1 cm³/mol. The highest BCUT2D eigenvalue weighted by atomic mass is 35.6. The molecule has 0 saturated carbocycles. The summed E-state index contributed by atoms with van der Waals surface area (Å²) in [6.07, 6.45) is 0. The van der Waals surface area contributed by atoms with Gasteiger partial charge in [0, 0.05) is 11.4 Å². The van der Waals surface area contributed by atoms with Gasteiger partial charge in [-0.25, -0.2) is 0 Å². The van der Waals surface area contributed by atoms with Crippen molar-refractivity contribution in [1.82, 2.24) is 0 Å². The van der Waals surface area contributed by atoms with Gasteiger partial charge in [-0.2, -0.15) is 11.1 Å². The van der Waals surface area contributed by atoms with Gasteiger partial charge in [-0.3, -0.25) is 0 Å². The maximum atomic E-state index is 6.09. The molecule has 68 valence electrons. The van der Waals surface area contributed by atoms with Crippen molar-refractivity contribution in [3.05, 3.63) is 0 Å². The summed E-state index contributed by atoms with van der Waals surface area (Å²) >= 11 is 28.8. The zero-order valence-electron chi connectivity index (χ0n) is 6.17. The van der Waals surface area contributed by atoms with Gasteiger partial charge in [-0.1, -0.05) is 47.9 Å². The van der Waals surface area contributed by atoms with Crippen molar-refractivity contribution < 1.29 is 0 Å². The van der Waals surface area contributed by atoms with E-state index in [2.05, 4.69) is 0 Å². The molecule has 1 atom stereocenters. The second-order valence-corrected chi connectivity index (χ2v) is 12.2. The third-order valence-electron chi connectivity index (χ3n) is 1.38. The largest absolute Gasteiger partial charge is 0.193 e. The van der Waals surface area contributed by atoms with Crippen molar-refractivity contribution >= 4 is 64.9 Å². The molecule has 0 aliphatic heterocycles. The maximum absolute atomic E-state index is 6.09. The summed E-state index contributed by atoms with van der Waals surface area (Å²) in [7, 11) is -1.98. The molecule has 0 saturated heterocycles. The molecule has 0 aliphatic carbocycles. The van der Waals surface area contributed by atoms with E-state index in [1.165, 1.54) is 0 Å². The highest BCUT2D eigenvalue weighted by Gasteiger charge is 2.43. The van der Waals surface area contributed by atoms with Crippen molar-refractivity contribution in [1.29, 1.82) is 0 Å². The van der Waals surface area contributed by atoms with E-state index < -0.39 is 11.2 Å². The van der Waals surface area contributed by atoms with E-state index in [0.717, 1.165) is 0 Å². The molecule has 0 bridgehead atoms. The molecule has 0 rings (SSSR count). The van der Waals surface area contributed by atoms with E-state index >= 15 is 0 Å². The third-order valence-corrected chi connectivity index (χ3v) is 6.37. The molecule has 0 aliphatic rings. The van der Waals surface area contributed by atoms with Crippen LogP contribution in [0.5, 0.6) is 0 Å². The SMILES string of the molecule is C[Si](C)(Cl)C(CCl)C(Cl)(Cl)Cl. The molecule has 0 nitrogen and oxygen atoms in total. The highest BCUT2D eigenvalue weighted by Crippen LogP contribution is 2.46. The molecule has 0 fully saturated rings. The van der Waals surface area contributed by atoms with Gasteiger partial charge in [0.05, 0.1) is 0 Å². The number of rotatable bonds is 2. The van der Waals surface area contributed by atoms with Crippen LogP contribution < -0.4 is 0 Å². The van der Waals surface area contributed by atoms with Gasteiger partial charge in [0.1, 0.15) is 0 Å². The molecule has 0 amide bonds. The van der Waals surface area contributed by atoms with Gasteiger partial charge < -0.3 is 0 Å². The summed E-state index contributed by atoms with van der Waals surface area (Å²) in [6.45, 7) is 3.81. The lowest BCUT2D eigenvalue weighted by molar-refractivity contribution is 0.939. The molecule has 0 N–H and O–H groups in total. The van der Waals surface area contributed by atoms with Crippen LogP contribution >= 0.6 is 57.5 Å². The van der Waals surface area contributed by atoms with Crippen LogP contribution in [0.4, 0.5) is 0 Å². The molecule has 11 heavy (non-hydrogen) atoms. The average molecular weight is 274 g/mol. The molecular weight excluding hydrogens is 265 g/mol. The highest BCUT2D eigenvalue weighted by molar-refractivity contribution is 7.20. The van der Waals surface area contributed by atoms with Crippen LogP contribution in [0.2, 0.25) is 18.6 Å². The Morgan fingerprint density at radius 3 is 1.64 bits per heavy atom. The maximum Gasteiger partial charge on any atom is 0.193 e. The van der Waals surface area contributed by atoms with Crippen LogP contribution in [-0.2, 0) is 0 Å². The van der Waals surface area contributed by atoms with Crippen LogP contribution in [-0.4, -0.2) is 17.1 Å². The Morgan fingerprint density at radius 2 is 1.64 bits per heavy atom. The van der Waals surface area contributed by atoms with Gasteiger partial charge >= 0.3 is 0 Å². The molecule has 0 radical (unpaired) electrons. The molecule has 0 aromatic rings. The quantitative estimate of drug-likeness (QED) is 0.397. The first kappa shape index (κ1) is 12.7. The number of alkyl halides is 4. The first-order valence-electron chi connectivity index (χ1n) is 3.01. The molecule has 6 heteroatoms. The fourth-order valence-corrected chi connectivity index (χ4v) is 7.58. The van der Waals surface area contributed by atoms with Crippen LogP contribution in [0, 0.1) is 0 Å². The molecular formula is C5H9Cl5Si. The zero-order valence-corrected chi connectivity index (χ0v) is 11.0. The van der Waals surface area contributed by atoms with E-state index in [4.69, 9.17) is 57.5 Å². The van der Waals surface area contributed by atoms with Crippen LogP contribution in [0.1, 0.15) is 0 Å². The van der Waals surface area contributed by atoms with Crippen molar-refractivity contribution in [2.75, 3.05) is 5.88 Å². The van der Waals surface area contributed by atoms with Crippen LogP contribution in [0.15, 0.2) is 0 Å². The van der Waals surface area contributed by atoms with Crippen LogP contribution in [0.25, 0.3) is 0 Å². The predicted octanol–water partition coefficient (Wildman–Crippen LogP) is 4.41. The smallest absolute Gasteiger partial charge is 0.167 e. The van der Waals surface area contributed by atoms with E-state index in [1.807, 2.05) is 13.1 Å². The lowest BCUT2D eigenvalue weighted by Gasteiger charge is -2.30. The van der Waals surface area contributed by atoms with Crippen molar-refractivity contribution in [2.24, 2.45) is 0 Å². The standard InChI is InChI=1S/C5H9Cl5Si/c1-11(2,10)4(3-6)5(7,8)9/h4H,3H2,1-2H3. The van der Waals surface area contributed by atoms with Crippen molar-refractivity contribution in [3.8, 4) is 0 Å². The van der Waals surface area contributed by atoms with Gasteiger partial charge in [0.2, 0.25) is 0 Å². The Kier molecular flexibility index (Phi) is 4.90. The Balaban J connectivity index is 4.43. The summed E-state index contributed by atoms with van der Waals surface area (Å²) in [5, 5.41) is 0. The topological polar surface area (TPSA) is 0 Å². The second kappa shape index (κ2) is 4.25. The second-order valence-electron chi connectivity index (χ2n) is 2.81. The zero-order chi connectivity index (χ0) is 9.28. The van der Waals surface area contributed by atoms with E-state index in [9.17, 15) is 0 Å². The number of hydrogen-bond acceptors (Lipinski definition) is 0. The minimum atomic E-state index is -1.98. The van der Waals surface area contributed by atoms with Crippen molar-refractivity contribution in [3.63, 3.8) is 0 Å². The van der Waals surface area contributed by atoms with Gasteiger partial charge in [0.25, 0.3) is 0 Å². The normalized spacial score (nSPS) is 16.6. The van der Waals surface area contributed by atoms with E-state index in [1.54, 1.807) is 0 Å². The molecule has 0 aromatic carbocycles. The Hall–Kier alpha value is 1.67. The minimum Gasteiger partial charge on any atom is -0.167 e. The first-order chi connectivity index (χ1) is 4.69. The first-order valence-corrected chi connectivity index (χ1v) is 8.77. The molecule has 0 aromatic heterocycles. The molecule has 0 spiro atoms. The molecule has 1 unspecified atom stereocenters. The van der Waals surface area contributed by atoms with Gasteiger partial charge in [0.15, 0.2) is 11.2 Å². The van der Waals surface area contributed by atoms with E-state index in [0.29, 0.717) is 5.88 Å². The summed E-state index contributed by atoms with van der Waals surface area (Å²) in [5.41, 5.74) is -0.219. The van der Waals surface area contributed by atoms with Gasteiger partial charge in [-0.15, -0.1) is 11.6 Å². The third kappa shape index (κ3) is 4.44. The summed E-state index contributed by atoms with van der Waals surface area (Å²) in [6, 6.07) is 0. The fraction of sp³-hybridized carbons (Fsp3) is 1.00. The molecule has 0 heterocycles. The Bertz CT molecular complexity index is 110. The Labute approximate surface area is 92.8 Å². The van der Waals surface area contributed by atoms with E-state index in [-0.39, 0.29) is 5.54 Å². The Morgan fingerprint density at radius 1 is 1.27 bits per heavy atom. The number of hydrogen-bond donors (Lipinski definition) is 0. The van der Waals surface area contributed by atoms with Crippen LogP contribution in [0.3, 0.4) is 0 Å². The van der Waals surface area contributed by atoms with Gasteiger partial charge in [-0.05, 0) is 0 Å².